The number of aliphatic hydroxyl groups excluding tert-OH is 1. The second kappa shape index (κ2) is 10.6. The standard InChI is InChI=1S/C20H26N2O3/c23-19(16-9-4-3-5-10-16)15-21-13-7-2-1-6-12-18-17(20(24)25)11-8-14-22-18/h3-5,8-11,14,19,21,23H,1-2,6-7,12-13,15H2,(H,24,25). The molecule has 1 atom stereocenters. The minimum atomic E-state index is -0.913. The highest BCUT2D eigenvalue weighted by molar-refractivity contribution is 5.88. The Morgan fingerprint density at radius 2 is 1.80 bits per heavy atom. The van der Waals surface area contributed by atoms with Crippen molar-refractivity contribution in [3.63, 3.8) is 0 Å². The number of aromatic nitrogens is 1. The first-order valence-electron chi connectivity index (χ1n) is 8.79. The van der Waals surface area contributed by atoms with E-state index < -0.39 is 12.1 Å². The zero-order valence-electron chi connectivity index (χ0n) is 14.4. The first-order chi connectivity index (χ1) is 12.2. The van der Waals surface area contributed by atoms with Gasteiger partial charge in [-0.15, -0.1) is 0 Å². The van der Waals surface area contributed by atoms with Crippen LogP contribution in [0, 0.1) is 0 Å². The highest BCUT2D eigenvalue weighted by atomic mass is 16.4. The fourth-order valence-electron chi connectivity index (χ4n) is 2.76. The van der Waals surface area contributed by atoms with Crippen LogP contribution in [0.1, 0.15) is 53.4 Å². The predicted octanol–water partition coefficient (Wildman–Crippen LogP) is 3.21. The molecule has 3 N–H and O–H groups in total. The van der Waals surface area contributed by atoms with E-state index >= 15 is 0 Å². The van der Waals surface area contributed by atoms with E-state index in [2.05, 4.69) is 10.3 Å². The zero-order valence-corrected chi connectivity index (χ0v) is 14.4. The van der Waals surface area contributed by atoms with Crippen molar-refractivity contribution in [2.24, 2.45) is 0 Å². The van der Waals surface area contributed by atoms with Crippen molar-refractivity contribution in [3.8, 4) is 0 Å². The summed E-state index contributed by atoms with van der Waals surface area (Å²) in [6, 6.07) is 12.9. The third-order valence-electron chi connectivity index (χ3n) is 4.16. The van der Waals surface area contributed by atoms with E-state index in [0.29, 0.717) is 24.2 Å². The van der Waals surface area contributed by atoms with Crippen LogP contribution in [-0.2, 0) is 6.42 Å². The summed E-state index contributed by atoms with van der Waals surface area (Å²) in [6.07, 6.45) is 5.95. The van der Waals surface area contributed by atoms with Gasteiger partial charge in [0.1, 0.15) is 0 Å². The molecule has 25 heavy (non-hydrogen) atoms. The first kappa shape index (κ1) is 19.1. The van der Waals surface area contributed by atoms with Gasteiger partial charge in [0.15, 0.2) is 0 Å². The van der Waals surface area contributed by atoms with Gasteiger partial charge in [-0.3, -0.25) is 4.98 Å². The molecular formula is C20H26N2O3. The van der Waals surface area contributed by atoms with E-state index in [9.17, 15) is 9.90 Å². The summed E-state index contributed by atoms with van der Waals surface area (Å²) in [5.74, 6) is -0.913. The van der Waals surface area contributed by atoms with E-state index in [1.807, 2.05) is 30.3 Å². The Balaban J connectivity index is 1.55. The minimum Gasteiger partial charge on any atom is -0.478 e. The van der Waals surface area contributed by atoms with Gasteiger partial charge >= 0.3 is 5.97 Å². The van der Waals surface area contributed by atoms with Crippen molar-refractivity contribution in [3.05, 3.63) is 65.5 Å². The maximum Gasteiger partial charge on any atom is 0.337 e. The van der Waals surface area contributed by atoms with Crippen LogP contribution in [0.25, 0.3) is 0 Å². The summed E-state index contributed by atoms with van der Waals surface area (Å²) in [7, 11) is 0. The molecule has 1 aromatic heterocycles. The number of rotatable bonds is 11. The SMILES string of the molecule is O=C(O)c1cccnc1CCCCCCNCC(O)c1ccccc1. The number of carbonyl (C=O) groups is 1. The van der Waals surface area contributed by atoms with Crippen LogP contribution >= 0.6 is 0 Å². The lowest BCUT2D eigenvalue weighted by molar-refractivity contribution is 0.0695. The number of carboxylic acids is 1. The Morgan fingerprint density at radius 3 is 2.56 bits per heavy atom. The van der Waals surface area contributed by atoms with E-state index in [1.165, 1.54) is 0 Å². The number of aromatic carboxylic acids is 1. The van der Waals surface area contributed by atoms with Crippen molar-refractivity contribution in [2.75, 3.05) is 13.1 Å². The summed E-state index contributed by atoms with van der Waals surface area (Å²) in [4.78, 5) is 15.3. The van der Waals surface area contributed by atoms with E-state index in [-0.39, 0.29) is 0 Å². The molecule has 1 unspecified atom stereocenters. The van der Waals surface area contributed by atoms with Gasteiger partial charge in [0, 0.05) is 12.7 Å². The van der Waals surface area contributed by atoms with Gasteiger partial charge in [-0.1, -0.05) is 43.2 Å². The average Bonchev–Trinajstić information content (AvgIpc) is 2.64. The maximum atomic E-state index is 11.1. The Labute approximate surface area is 148 Å². The number of carboxylic acid groups (broad SMARTS) is 1. The fourth-order valence-corrected chi connectivity index (χ4v) is 2.76. The normalized spacial score (nSPS) is 12.0. The molecule has 0 aliphatic carbocycles. The van der Waals surface area contributed by atoms with Gasteiger partial charge in [0.05, 0.1) is 17.4 Å². The minimum absolute atomic E-state index is 0.305. The van der Waals surface area contributed by atoms with Crippen LogP contribution in [0.3, 0.4) is 0 Å². The Kier molecular flexibility index (Phi) is 8.09. The molecule has 0 aliphatic rings. The van der Waals surface area contributed by atoms with Crippen molar-refractivity contribution < 1.29 is 15.0 Å². The molecule has 0 saturated carbocycles. The van der Waals surface area contributed by atoms with Crippen LogP contribution in [0.2, 0.25) is 0 Å². The molecule has 134 valence electrons. The highest BCUT2D eigenvalue weighted by Crippen LogP contribution is 2.12. The lowest BCUT2D eigenvalue weighted by Crippen LogP contribution is -2.22. The number of unbranched alkanes of at least 4 members (excludes halogenated alkanes) is 3. The predicted molar refractivity (Wildman–Crippen MR) is 97.6 cm³/mol. The molecule has 0 spiro atoms. The van der Waals surface area contributed by atoms with Crippen molar-refractivity contribution >= 4 is 5.97 Å². The summed E-state index contributed by atoms with van der Waals surface area (Å²) in [5.41, 5.74) is 1.90. The van der Waals surface area contributed by atoms with E-state index in [4.69, 9.17) is 5.11 Å². The molecule has 5 heteroatoms. The first-order valence-corrected chi connectivity index (χ1v) is 8.79. The molecule has 2 aromatic rings. The fraction of sp³-hybridized carbons (Fsp3) is 0.400. The number of aliphatic hydroxyl groups is 1. The number of benzene rings is 1. The van der Waals surface area contributed by atoms with Crippen molar-refractivity contribution in [1.82, 2.24) is 10.3 Å². The van der Waals surface area contributed by atoms with Gasteiger partial charge in [-0.05, 0) is 43.5 Å². The molecule has 0 fully saturated rings. The van der Waals surface area contributed by atoms with Gasteiger partial charge < -0.3 is 15.5 Å². The quantitative estimate of drug-likeness (QED) is 0.546. The molecule has 0 saturated heterocycles. The summed E-state index contributed by atoms with van der Waals surface area (Å²) in [6.45, 7) is 1.42. The molecular weight excluding hydrogens is 316 g/mol. The van der Waals surface area contributed by atoms with Gasteiger partial charge in [0.25, 0.3) is 0 Å². The molecule has 2 rings (SSSR count). The zero-order chi connectivity index (χ0) is 17.9. The van der Waals surface area contributed by atoms with E-state index in [0.717, 1.165) is 37.8 Å². The molecule has 5 nitrogen and oxygen atoms in total. The lowest BCUT2D eigenvalue weighted by Gasteiger charge is -2.12. The van der Waals surface area contributed by atoms with Crippen molar-refractivity contribution in [1.29, 1.82) is 0 Å². The topological polar surface area (TPSA) is 82.5 Å². The van der Waals surface area contributed by atoms with Crippen LogP contribution in [0.4, 0.5) is 0 Å². The Bertz CT molecular complexity index is 646. The van der Waals surface area contributed by atoms with Gasteiger partial charge in [-0.2, -0.15) is 0 Å². The smallest absolute Gasteiger partial charge is 0.337 e. The summed E-state index contributed by atoms with van der Waals surface area (Å²) >= 11 is 0. The maximum absolute atomic E-state index is 11.1. The lowest BCUT2D eigenvalue weighted by atomic mass is 10.1. The Morgan fingerprint density at radius 1 is 1.04 bits per heavy atom. The molecule has 1 aromatic carbocycles. The second-order valence-electron chi connectivity index (χ2n) is 6.10. The summed E-state index contributed by atoms with van der Waals surface area (Å²) < 4.78 is 0. The van der Waals surface area contributed by atoms with Crippen LogP contribution in [-0.4, -0.2) is 34.3 Å². The largest absolute Gasteiger partial charge is 0.478 e. The summed E-state index contributed by atoms with van der Waals surface area (Å²) in [5, 5.41) is 22.4. The molecule has 0 aliphatic heterocycles. The van der Waals surface area contributed by atoms with Crippen LogP contribution in [0.15, 0.2) is 48.7 Å². The molecule has 1 heterocycles. The Hall–Kier alpha value is -2.24. The number of nitrogens with zero attached hydrogens (tertiary/aromatic N) is 1. The third-order valence-corrected chi connectivity index (χ3v) is 4.16. The highest BCUT2D eigenvalue weighted by Gasteiger charge is 2.09. The molecule has 0 bridgehead atoms. The van der Waals surface area contributed by atoms with Gasteiger partial charge in [-0.25, -0.2) is 4.79 Å². The van der Waals surface area contributed by atoms with Crippen LogP contribution < -0.4 is 5.32 Å². The number of hydrogen-bond donors (Lipinski definition) is 3. The third kappa shape index (κ3) is 6.64. The van der Waals surface area contributed by atoms with E-state index in [1.54, 1.807) is 18.3 Å². The molecule has 0 radical (unpaired) electrons. The number of hydrogen-bond acceptors (Lipinski definition) is 4. The monoisotopic (exact) mass is 342 g/mol. The second-order valence-corrected chi connectivity index (χ2v) is 6.10. The van der Waals surface area contributed by atoms with Crippen LogP contribution in [0.5, 0.6) is 0 Å². The number of pyridine rings is 1. The van der Waals surface area contributed by atoms with Crippen molar-refractivity contribution in [2.45, 2.75) is 38.2 Å². The number of aryl methyl sites for hydroxylation is 1. The average molecular weight is 342 g/mol. The van der Waals surface area contributed by atoms with Gasteiger partial charge in [0.2, 0.25) is 0 Å². The number of nitrogens with one attached hydrogen (secondary N) is 1. The molecule has 0 amide bonds.